The van der Waals surface area contributed by atoms with Crippen molar-refractivity contribution < 1.29 is 4.74 Å². The van der Waals surface area contributed by atoms with Gasteiger partial charge in [-0.05, 0) is 18.6 Å². The molecule has 1 rings (SSSR count). The van der Waals surface area contributed by atoms with Crippen molar-refractivity contribution in [2.24, 2.45) is 0 Å². The summed E-state index contributed by atoms with van der Waals surface area (Å²) >= 11 is 5.81. The lowest BCUT2D eigenvalue weighted by atomic mass is 10.3. The van der Waals surface area contributed by atoms with E-state index in [1.807, 2.05) is 25.1 Å². The summed E-state index contributed by atoms with van der Waals surface area (Å²) in [5, 5.41) is 0.650. The number of rotatable bonds is 3. The fourth-order valence-corrected chi connectivity index (χ4v) is 0.894. The highest BCUT2D eigenvalue weighted by Crippen LogP contribution is 2.23. The molecule has 59 valence electrons. The maximum Gasteiger partial charge on any atom is 0.138 e. The second-order valence-electron chi connectivity index (χ2n) is 2.12. The third-order valence-electron chi connectivity index (χ3n) is 1.21. The Labute approximate surface area is 71.9 Å². The van der Waals surface area contributed by atoms with Gasteiger partial charge in [0, 0.05) is 0 Å². The molecule has 0 atom stereocenters. The molecule has 2 heteroatoms. The van der Waals surface area contributed by atoms with Crippen LogP contribution < -0.4 is 4.74 Å². The first-order valence-corrected chi connectivity index (χ1v) is 3.95. The predicted octanol–water partition coefficient (Wildman–Crippen LogP) is 3.29. The van der Waals surface area contributed by atoms with Gasteiger partial charge in [0.1, 0.15) is 12.4 Å². The molecule has 0 saturated heterocycles. The van der Waals surface area contributed by atoms with Crippen molar-refractivity contribution in [3.8, 4) is 5.75 Å². The fraction of sp³-hybridized carbons (Fsp3) is 0.222. The number of hydrogen-bond acceptors (Lipinski definition) is 1. The molecule has 0 amide bonds. The number of hydrogen-bond donors (Lipinski definition) is 0. The van der Waals surface area contributed by atoms with E-state index >= 15 is 0 Å². The first-order valence-electron chi connectivity index (χ1n) is 3.57. The van der Waals surface area contributed by atoms with Gasteiger partial charge in [-0.3, -0.25) is 0 Å². The molecule has 1 nitrogen and oxygen atoms in total. The summed E-state index contributed by atoms with van der Waals surface area (Å²) in [5.41, 5.74) is 0. The van der Waals surface area contributed by atoms with Crippen LogP contribution in [0.25, 0.3) is 0 Å². The number of ether oxygens (including phenoxy) is 1. The average molecular weight is 170 g/mol. The van der Waals surface area contributed by atoms with Crippen LogP contribution in [0.2, 0.25) is 5.02 Å². The minimum atomic E-state index is 0.650. The number of para-hydroxylation sites is 1. The highest BCUT2D eigenvalue weighted by molar-refractivity contribution is 6.32. The average Bonchev–Trinajstić information content (AvgIpc) is 2.03. The summed E-state index contributed by atoms with van der Waals surface area (Å²) in [7, 11) is 0. The molecule has 1 aromatic rings. The van der Waals surface area contributed by atoms with Crippen LogP contribution in [0.15, 0.2) is 24.3 Å². The Morgan fingerprint density at radius 3 is 2.82 bits per heavy atom. The molecule has 11 heavy (non-hydrogen) atoms. The van der Waals surface area contributed by atoms with Crippen LogP contribution in [-0.2, 0) is 0 Å². The number of halogens is 1. The van der Waals surface area contributed by atoms with Gasteiger partial charge in [0.25, 0.3) is 0 Å². The van der Waals surface area contributed by atoms with Crippen molar-refractivity contribution in [1.82, 2.24) is 0 Å². The SMILES string of the molecule is CC[CH]Oc1ccccc1Cl. The van der Waals surface area contributed by atoms with Crippen LogP contribution in [0, 0.1) is 6.61 Å². The van der Waals surface area contributed by atoms with Crippen LogP contribution in [-0.4, -0.2) is 0 Å². The lowest BCUT2D eigenvalue weighted by molar-refractivity contribution is 0.397. The highest BCUT2D eigenvalue weighted by Gasteiger charge is 1.97. The summed E-state index contributed by atoms with van der Waals surface area (Å²) < 4.78 is 5.23. The van der Waals surface area contributed by atoms with Crippen LogP contribution >= 0.6 is 11.6 Å². The Bertz CT molecular complexity index is 223. The van der Waals surface area contributed by atoms with Gasteiger partial charge in [-0.1, -0.05) is 30.7 Å². The van der Waals surface area contributed by atoms with Crippen LogP contribution in [0.5, 0.6) is 5.75 Å². The van der Waals surface area contributed by atoms with E-state index in [0.717, 1.165) is 12.2 Å². The molecule has 0 N–H and O–H groups in total. The standard InChI is InChI=1S/C9H10ClO/c1-2-7-11-9-6-4-3-5-8(9)10/h3-7H,2H2,1H3. The maximum absolute atomic E-state index is 5.81. The van der Waals surface area contributed by atoms with Gasteiger partial charge >= 0.3 is 0 Å². The Balaban J connectivity index is 2.62. The molecule has 0 aromatic heterocycles. The van der Waals surface area contributed by atoms with E-state index in [1.165, 1.54) is 0 Å². The van der Waals surface area contributed by atoms with Gasteiger partial charge in [0.05, 0.1) is 5.02 Å². The molecular formula is C9H10ClO. The third kappa shape index (κ3) is 2.43. The molecular weight excluding hydrogens is 160 g/mol. The van der Waals surface area contributed by atoms with Crippen molar-refractivity contribution in [2.75, 3.05) is 0 Å². The monoisotopic (exact) mass is 169 g/mol. The minimum Gasteiger partial charge on any atom is -0.485 e. The quantitative estimate of drug-likeness (QED) is 0.675. The summed E-state index contributed by atoms with van der Waals surface area (Å²) in [5.74, 6) is 0.719. The van der Waals surface area contributed by atoms with Gasteiger partial charge in [-0.2, -0.15) is 0 Å². The molecule has 0 aliphatic rings. The van der Waals surface area contributed by atoms with Crippen LogP contribution in [0.3, 0.4) is 0 Å². The van der Waals surface area contributed by atoms with Crippen molar-refractivity contribution in [1.29, 1.82) is 0 Å². The molecule has 0 heterocycles. The first-order chi connectivity index (χ1) is 5.34. The maximum atomic E-state index is 5.81. The highest BCUT2D eigenvalue weighted by atomic mass is 35.5. The van der Waals surface area contributed by atoms with Gasteiger partial charge in [-0.25, -0.2) is 0 Å². The zero-order chi connectivity index (χ0) is 8.10. The van der Waals surface area contributed by atoms with Gasteiger partial charge in [-0.15, -0.1) is 0 Å². The van der Waals surface area contributed by atoms with Crippen LogP contribution in [0.4, 0.5) is 0 Å². The molecule has 0 saturated carbocycles. The Morgan fingerprint density at radius 2 is 2.18 bits per heavy atom. The Kier molecular flexibility index (Phi) is 3.24. The molecule has 1 aromatic carbocycles. The first kappa shape index (κ1) is 8.41. The molecule has 0 unspecified atom stereocenters. The van der Waals surface area contributed by atoms with E-state index in [0.29, 0.717) is 5.02 Å². The molecule has 1 radical (unpaired) electrons. The summed E-state index contributed by atoms with van der Waals surface area (Å²) in [4.78, 5) is 0. The number of benzene rings is 1. The topological polar surface area (TPSA) is 9.23 Å². The summed E-state index contributed by atoms with van der Waals surface area (Å²) in [6.45, 7) is 3.73. The van der Waals surface area contributed by atoms with Crippen molar-refractivity contribution in [3.05, 3.63) is 35.9 Å². The minimum absolute atomic E-state index is 0.650. The van der Waals surface area contributed by atoms with E-state index in [4.69, 9.17) is 16.3 Å². The van der Waals surface area contributed by atoms with Crippen LogP contribution in [0.1, 0.15) is 13.3 Å². The smallest absolute Gasteiger partial charge is 0.138 e. The zero-order valence-corrected chi connectivity index (χ0v) is 7.14. The third-order valence-corrected chi connectivity index (χ3v) is 1.53. The largest absolute Gasteiger partial charge is 0.485 e. The van der Waals surface area contributed by atoms with Crippen molar-refractivity contribution >= 4 is 11.6 Å². The molecule has 0 aliphatic carbocycles. The van der Waals surface area contributed by atoms with Gasteiger partial charge in [0.2, 0.25) is 0 Å². The van der Waals surface area contributed by atoms with E-state index in [9.17, 15) is 0 Å². The molecule has 0 aliphatic heterocycles. The van der Waals surface area contributed by atoms with E-state index in [1.54, 1.807) is 12.7 Å². The van der Waals surface area contributed by atoms with E-state index in [2.05, 4.69) is 0 Å². The molecule has 0 spiro atoms. The van der Waals surface area contributed by atoms with E-state index < -0.39 is 0 Å². The molecule has 0 bridgehead atoms. The zero-order valence-electron chi connectivity index (χ0n) is 6.38. The molecule has 0 fully saturated rings. The van der Waals surface area contributed by atoms with Gasteiger partial charge in [0.15, 0.2) is 0 Å². The second-order valence-corrected chi connectivity index (χ2v) is 2.53. The normalized spacial score (nSPS) is 9.64. The summed E-state index contributed by atoms with van der Waals surface area (Å²) in [6, 6.07) is 7.42. The summed E-state index contributed by atoms with van der Waals surface area (Å²) in [6.07, 6.45) is 0.880. The predicted molar refractivity (Wildman–Crippen MR) is 46.7 cm³/mol. The van der Waals surface area contributed by atoms with E-state index in [-0.39, 0.29) is 0 Å². The van der Waals surface area contributed by atoms with Crippen molar-refractivity contribution in [2.45, 2.75) is 13.3 Å². The lowest BCUT2D eigenvalue weighted by Gasteiger charge is -2.03. The van der Waals surface area contributed by atoms with Crippen molar-refractivity contribution in [3.63, 3.8) is 0 Å². The Morgan fingerprint density at radius 1 is 1.45 bits per heavy atom. The lowest BCUT2D eigenvalue weighted by Crippen LogP contribution is -1.87. The van der Waals surface area contributed by atoms with Gasteiger partial charge < -0.3 is 4.74 Å². The fourth-order valence-electron chi connectivity index (χ4n) is 0.713. The Hall–Kier alpha value is -0.690. The second kappa shape index (κ2) is 4.24.